The van der Waals surface area contributed by atoms with Crippen LogP contribution in [0.25, 0.3) is 0 Å². The molecule has 5 nitrogen and oxygen atoms in total. The molecule has 7 heteroatoms. The van der Waals surface area contributed by atoms with Gasteiger partial charge in [-0.05, 0) is 31.3 Å². The molecular formula is C20H38IN5S. The Morgan fingerprint density at radius 3 is 2.41 bits per heavy atom. The lowest BCUT2D eigenvalue weighted by Gasteiger charge is -2.36. The Balaban J connectivity index is 2.55. The SMILES string of the molecule is C#S(C)(CCCCCCCCC)N[C@H]1CCCCC1C(=NI)C(=N)CN=N. The second kappa shape index (κ2) is 13.9. The summed E-state index contributed by atoms with van der Waals surface area (Å²) in [5.74, 6) is 1.27. The molecule has 1 fully saturated rings. The first kappa shape index (κ1) is 24.8. The summed E-state index contributed by atoms with van der Waals surface area (Å²) in [7, 11) is -1.33. The number of hydrogen-bond acceptors (Lipinski definition) is 5. The third-order valence-electron chi connectivity index (χ3n) is 5.35. The zero-order valence-electron chi connectivity index (χ0n) is 17.1. The van der Waals surface area contributed by atoms with E-state index in [1.54, 1.807) is 0 Å². The highest BCUT2D eigenvalue weighted by Crippen LogP contribution is 2.33. The summed E-state index contributed by atoms with van der Waals surface area (Å²) in [6, 6.07) is 0.285. The number of halogens is 1. The monoisotopic (exact) mass is 507 g/mol. The molecule has 0 radical (unpaired) electrons. The highest BCUT2D eigenvalue weighted by atomic mass is 127. The van der Waals surface area contributed by atoms with Gasteiger partial charge in [0.1, 0.15) is 6.54 Å². The molecule has 1 aliphatic carbocycles. The van der Waals surface area contributed by atoms with E-state index < -0.39 is 9.62 Å². The van der Waals surface area contributed by atoms with E-state index in [0.717, 1.165) is 30.7 Å². The number of unbranched alkanes of at least 4 members (excludes halogenated alkanes) is 6. The Morgan fingerprint density at radius 1 is 1.15 bits per heavy atom. The first-order valence-corrected chi connectivity index (χ1v) is 13.6. The van der Waals surface area contributed by atoms with Crippen molar-refractivity contribution in [2.24, 2.45) is 14.2 Å². The summed E-state index contributed by atoms with van der Waals surface area (Å²) in [4.78, 5) is 0. The first-order valence-electron chi connectivity index (χ1n) is 10.4. The molecule has 0 bridgehead atoms. The van der Waals surface area contributed by atoms with Crippen LogP contribution in [0.4, 0.5) is 0 Å². The Bertz CT molecular complexity index is 592. The van der Waals surface area contributed by atoms with Gasteiger partial charge >= 0.3 is 0 Å². The molecule has 27 heavy (non-hydrogen) atoms. The van der Waals surface area contributed by atoms with Crippen molar-refractivity contribution in [3.63, 3.8) is 0 Å². The Labute approximate surface area is 181 Å². The van der Waals surface area contributed by atoms with Crippen LogP contribution in [0, 0.1) is 22.5 Å². The lowest BCUT2D eigenvalue weighted by atomic mass is 9.80. The molecule has 2 unspecified atom stereocenters. The molecular weight excluding hydrogens is 469 g/mol. The molecule has 0 aromatic rings. The molecule has 0 spiro atoms. The second-order valence-corrected chi connectivity index (χ2v) is 11.3. The predicted octanol–water partition coefficient (Wildman–Crippen LogP) is 6.67. The van der Waals surface area contributed by atoms with Crippen LogP contribution in [0.5, 0.6) is 0 Å². The van der Waals surface area contributed by atoms with Crippen molar-refractivity contribution in [2.45, 2.75) is 83.6 Å². The van der Waals surface area contributed by atoms with Gasteiger partial charge in [0.25, 0.3) is 0 Å². The highest BCUT2D eigenvalue weighted by Gasteiger charge is 2.32. The Morgan fingerprint density at radius 2 is 1.78 bits per heavy atom. The number of hydrogen-bond donors (Lipinski definition) is 3. The van der Waals surface area contributed by atoms with Gasteiger partial charge in [0.2, 0.25) is 0 Å². The van der Waals surface area contributed by atoms with E-state index in [1.807, 2.05) is 22.9 Å². The summed E-state index contributed by atoms with van der Waals surface area (Å²) in [5.41, 5.74) is 14.9. The van der Waals surface area contributed by atoms with Gasteiger partial charge in [-0.1, -0.05) is 58.3 Å². The minimum Gasteiger partial charge on any atom is -0.301 e. The van der Waals surface area contributed by atoms with Gasteiger partial charge in [-0.3, -0.25) is 4.72 Å². The van der Waals surface area contributed by atoms with Crippen LogP contribution in [0.15, 0.2) is 8.32 Å². The van der Waals surface area contributed by atoms with Crippen LogP contribution in [0.2, 0.25) is 0 Å². The normalized spacial score (nSPS) is 23.0. The fourth-order valence-electron chi connectivity index (χ4n) is 3.86. The summed E-state index contributed by atoms with van der Waals surface area (Å²) >= 11 is 1.99. The molecule has 156 valence electrons. The van der Waals surface area contributed by atoms with Gasteiger partial charge < -0.3 is 5.41 Å². The fourth-order valence-corrected chi connectivity index (χ4v) is 6.40. The Hall–Kier alpha value is -0.240. The summed E-state index contributed by atoms with van der Waals surface area (Å²) in [6.45, 7) is 2.38. The predicted molar refractivity (Wildman–Crippen MR) is 129 cm³/mol. The van der Waals surface area contributed by atoms with Crippen LogP contribution in [0.3, 0.4) is 0 Å². The molecule has 3 N–H and O–H groups in total. The van der Waals surface area contributed by atoms with E-state index in [0.29, 0.717) is 5.71 Å². The van der Waals surface area contributed by atoms with Crippen molar-refractivity contribution in [1.82, 2.24) is 4.72 Å². The molecule has 1 aliphatic rings. The fraction of sp³-hybridized carbons (Fsp3) is 0.850. The number of rotatable bonds is 12. The van der Waals surface area contributed by atoms with E-state index >= 15 is 0 Å². The lowest BCUT2D eigenvalue weighted by molar-refractivity contribution is 0.365. The zero-order chi connectivity index (χ0) is 20.1. The van der Waals surface area contributed by atoms with E-state index in [2.05, 4.69) is 26.2 Å². The van der Waals surface area contributed by atoms with Crippen molar-refractivity contribution in [2.75, 3.05) is 18.6 Å². The maximum Gasteiger partial charge on any atom is 0.103 e. The molecule has 0 aromatic carbocycles. The van der Waals surface area contributed by atoms with Crippen LogP contribution in [-0.4, -0.2) is 36.0 Å². The van der Waals surface area contributed by atoms with Gasteiger partial charge in [-0.15, -0.1) is 15.3 Å². The molecule has 0 aliphatic heterocycles. The zero-order valence-corrected chi connectivity index (χ0v) is 20.1. The molecule has 0 aromatic heterocycles. The summed E-state index contributed by atoms with van der Waals surface area (Å²) < 4.78 is 8.14. The van der Waals surface area contributed by atoms with Gasteiger partial charge in [0.15, 0.2) is 0 Å². The van der Waals surface area contributed by atoms with Crippen LogP contribution in [0.1, 0.15) is 77.6 Å². The topological polar surface area (TPSA) is 84.5 Å². The Kier molecular flexibility index (Phi) is 12.7. The van der Waals surface area contributed by atoms with E-state index in [-0.39, 0.29) is 18.5 Å². The highest BCUT2D eigenvalue weighted by molar-refractivity contribution is 14.1. The molecule has 0 heterocycles. The maximum atomic E-state index is 8.21. The molecule has 0 saturated heterocycles. The maximum absolute atomic E-state index is 8.21. The number of nitrogens with zero attached hydrogens (tertiary/aromatic N) is 2. The average molecular weight is 508 g/mol. The average Bonchev–Trinajstić information content (AvgIpc) is 2.63. The molecule has 1 rings (SSSR count). The van der Waals surface area contributed by atoms with Crippen molar-refractivity contribution < 1.29 is 0 Å². The third kappa shape index (κ3) is 9.68. The molecule has 0 amide bonds. The number of nitrogens with one attached hydrogen (secondary N) is 3. The third-order valence-corrected chi connectivity index (χ3v) is 7.84. The standard InChI is InChI=1S/C20H38IN5S/c1-4-5-6-7-8-9-12-15-27(2,3)26-19-14-11-10-13-17(19)20(25-21)18(22)16-24-23/h2,17,19,22-23,26H,4-16H2,1,3H3/t17?,19-/m0/s1. The quantitative estimate of drug-likeness (QED) is 0.117. The van der Waals surface area contributed by atoms with E-state index in [1.165, 1.54) is 51.4 Å². The summed E-state index contributed by atoms with van der Waals surface area (Å²) in [6.07, 6.45) is 15.8. The largest absolute Gasteiger partial charge is 0.301 e. The second-order valence-electron chi connectivity index (χ2n) is 7.86. The first-order chi connectivity index (χ1) is 12.9. The van der Waals surface area contributed by atoms with Gasteiger partial charge in [0.05, 0.1) is 34.3 Å². The van der Waals surface area contributed by atoms with Gasteiger partial charge in [0, 0.05) is 12.0 Å². The van der Waals surface area contributed by atoms with Crippen LogP contribution >= 0.6 is 32.5 Å². The van der Waals surface area contributed by atoms with Gasteiger partial charge in [-0.2, -0.15) is 5.11 Å². The molecule has 3 atom stereocenters. The lowest BCUT2D eigenvalue weighted by Crippen LogP contribution is -2.44. The van der Waals surface area contributed by atoms with E-state index in [4.69, 9.17) is 16.6 Å². The van der Waals surface area contributed by atoms with E-state index in [9.17, 15) is 0 Å². The summed E-state index contributed by atoms with van der Waals surface area (Å²) in [5, 5.41) is 11.6. The minimum absolute atomic E-state index is 0.121. The van der Waals surface area contributed by atoms with Crippen molar-refractivity contribution in [3.8, 4) is 5.69 Å². The van der Waals surface area contributed by atoms with Crippen LogP contribution in [-0.2, 0) is 0 Å². The van der Waals surface area contributed by atoms with Gasteiger partial charge in [-0.25, -0.2) is 8.74 Å². The smallest absolute Gasteiger partial charge is 0.103 e. The molecule has 1 saturated carbocycles. The van der Waals surface area contributed by atoms with Crippen molar-refractivity contribution in [1.29, 1.82) is 10.9 Å². The van der Waals surface area contributed by atoms with Crippen LogP contribution < -0.4 is 4.72 Å². The van der Waals surface area contributed by atoms with Crippen molar-refractivity contribution >= 4 is 43.9 Å². The van der Waals surface area contributed by atoms with Crippen molar-refractivity contribution in [3.05, 3.63) is 0 Å². The minimum atomic E-state index is -1.33.